The van der Waals surface area contributed by atoms with Gasteiger partial charge >= 0.3 is 0 Å². The molecule has 0 N–H and O–H groups in total. The smallest absolute Gasteiger partial charge is 0.253 e. The number of amides is 1. The van der Waals surface area contributed by atoms with Gasteiger partial charge in [-0.2, -0.15) is 0 Å². The van der Waals surface area contributed by atoms with Crippen molar-refractivity contribution in [1.29, 1.82) is 0 Å². The SMILES string of the molecule is CCCCc1nc(N2CCN(C(=O)c3ccc(OC)cc3)CC2)c2c3c(sc2n1)CC(C)CC3. The molecule has 1 fully saturated rings. The number of methoxy groups -OCH3 is 1. The summed E-state index contributed by atoms with van der Waals surface area (Å²) in [6.45, 7) is 7.55. The molecule has 0 radical (unpaired) electrons. The van der Waals surface area contributed by atoms with Crippen molar-refractivity contribution in [1.82, 2.24) is 14.9 Å². The molecular formula is C27H34N4O2S. The van der Waals surface area contributed by atoms with Gasteiger partial charge in [0.2, 0.25) is 0 Å². The van der Waals surface area contributed by atoms with E-state index >= 15 is 0 Å². The van der Waals surface area contributed by atoms with Crippen molar-refractivity contribution in [2.24, 2.45) is 5.92 Å². The summed E-state index contributed by atoms with van der Waals surface area (Å²) in [7, 11) is 1.64. The molecule has 0 bridgehead atoms. The fraction of sp³-hybridized carbons (Fsp3) is 0.519. The highest BCUT2D eigenvalue weighted by Crippen LogP contribution is 2.41. The molecule has 180 valence electrons. The van der Waals surface area contributed by atoms with Crippen LogP contribution in [-0.2, 0) is 19.3 Å². The highest BCUT2D eigenvalue weighted by atomic mass is 32.1. The number of fused-ring (bicyclic) bond motifs is 3. The van der Waals surface area contributed by atoms with Gasteiger partial charge in [0.1, 0.15) is 22.2 Å². The third-order valence-electron chi connectivity index (χ3n) is 7.14. The molecular weight excluding hydrogens is 444 g/mol. The third kappa shape index (κ3) is 4.50. The number of carbonyl (C=O) groups excluding carboxylic acids is 1. The number of aryl methyl sites for hydroxylation is 2. The molecule has 5 rings (SSSR count). The molecule has 1 atom stereocenters. The van der Waals surface area contributed by atoms with E-state index in [0.717, 1.165) is 73.3 Å². The summed E-state index contributed by atoms with van der Waals surface area (Å²) in [6, 6.07) is 7.39. The summed E-state index contributed by atoms with van der Waals surface area (Å²) in [5.74, 6) is 3.65. The van der Waals surface area contributed by atoms with Crippen LogP contribution in [0.1, 0.15) is 59.7 Å². The van der Waals surface area contributed by atoms with Crippen molar-refractivity contribution in [3.63, 3.8) is 0 Å². The number of piperazine rings is 1. The standard InChI is InChI=1S/C27H34N4O2S/c1-4-5-6-23-28-25(24-21-12-7-18(2)17-22(21)34-26(24)29-23)30-13-15-31(16-14-30)27(32)19-8-10-20(33-3)11-9-19/h8-11,18H,4-7,12-17H2,1-3H3. The van der Waals surface area contributed by atoms with E-state index in [1.54, 1.807) is 7.11 Å². The normalized spacial score (nSPS) is 18.3. The van der Waals surface area contributed by atoms with Gasteiger partial charge in [0.15, 0.2) is 0 Å². The van der Waals surface area contributed by atoms with Gasteiger partial charge in [-0.05, 0) is 61.4 Å². The number of hydrogen-bond acceptors (Lipinski definition) is 6. The first kappa shape index (κ1) is 23.1. The van der Waals surface area contributed by atoms with E-state index in [-0.39, 0.29) is 5.91 Å². The topological polar surface area (TPSA) is 58.6 Å². The fourth-order valence-corrected chi connectivity index (χ4v) is 6.48. The van der Waals surface area contributed by atoms with E-state index in [1.807, 2.05) is 40.5 Å². The molecule has 1 saturated heterocycles. The summed E-state index contributed by atoms with van der Waals surface area (Å²) >= 11 is 1.88. The molecule has 1 unspecified atom stereocenters. The number of rotatable bonds is 6. The lowest BCUT2D eigenvalue weighted by Crippen LogP contribution is -2.49. The van der Waals surface area contributed by atoms with Crippen LogP contribution in [0.15, 0.2) is 24.3 Å². The highest BCUT2D eigenvalue weighted by Gasteiger charge is 2.28. The van der Waals surface area contributed by atoms with Crippen LogP contribution in [-0.4, -0.2) is 54.1 Å². The number of benzene rings is 1. The molecule has 2 aromatic heterocycles. The number of anilines is 1. The summed E-state index contributed by atoms with van der Waals surface area (Å²) in [6.07, 6.45) is 6.69. The molecule has 7 heteroatoms. The lowest BCUT2D eigenvalue weighted by atomic mass is 9.89. The number of hydrogen-bond donors (Lipinski definition) is 0. The lowest BCUT2D eigenvalue weighted by molar-refractivity contribution is 0.0746. The Morgan fingerprint density at radius 2 is 1.91 bits per heavy atom. The molecule has 34 heavy (non-hydrogen) atoms. The second kappa shape index (κ2) is 9.90. The molecule has 1 aliphatic heterocycles. The number of unbranched alkanes of at least 4 members (excludes halogenated alkanes) is 1. The van der Waals surface area contributed by atoms with Gasteiger partial charge in [0.25, 0.3) is 5.91 Å². The summed E-state index contributed by atoms with van der Waals surface area (Å²) in [4.78, 5) is 30.2. The van der Waals surface area contributed by atoms with Gasteiger partial charge in [-0.1, -0.05) is 20.3 Å². The lowest BCUT2D eigenvalue weighted by Gasteiger charge is -2.36. The molecule has 1 aliphatic carbocycles. The van der Waals surface area contributed by atoms with E-state index in [4.69, 9.17) is 14.7 Å². The molecule has 3 heterocycles. The van der Waals surface area contributed by atoms with Gasteiger partial charge in [-0.15, -0.1) is 11.3 Å². The van der Waals surface area contributed by atoms with Crippen LogP contribution >= 0.6 is 11.3 Å². The molecule has 1 aromatic carbocycles. The average molecular weight is 479 g/mol. The van der Waals surface area contributed by atoms with E-state index in [9.17, 15) is 4.79 Å². The number of carbonyl (C=O) groups is 1. The van der Waals surface area contributed by atoms with Crippen LogP contribution in [0.5, 0.6) is 5.75 Å². The Balaban J connectivity index is 1.39. The van der Waals surface area contributed by atoms with Crippen molar-refractivity contribution in [3.8, 4) is 5.75 Å². The van der Waals surface area contributed by atoms with Crippen molar-refractivity contribution in [2.45, 2.75) is 52.4 Å². The second-order valence-electron chi connectivity index (χ2n) is 9.61. The number of nitrogens with zero attached hydrogens (tertiary/aromatic N) is 4. The predicted molar refractivity (Wildman–Crippen MR) is 138 cm³/mol. The van der Waals surface area contributed by atoms with Crippen LogP contribution < -0.4 is 9.64 Å². The Labute approximate surface area is 206 Å². The van der Waals surface area contributed by atoms with Crippen molar-refractivity contribution >= 4 is 33.3 Å². The molecule has 1 amide bonds. The van der Waals surface area contributed by atoms with Crippen LogP contribution in [0.25, 0.3) is 10.2 Å². The summed E-state index contributed by atoms with van der Waals surface area (Å²) < 4.78 is 5.22. The Morgan fingerprint density at radius 3 is 2.62 bits per heavy atom. The fourth-order valence-electron chi connectivity index (χ4n) is 5.08. The van der Waals surface area contributed by atoms with Crippen LogP contribution in [0, 0.1) is 5.92 Å². The van der Waals surface area contributed by atoms with Gasteiger partial charge < -0.3 is 14.5 Å². The first-order chi connectivity index (χ1) is 16.6. The predicted octanol–water partition coefficient (Wildman–Crippen LogP) is 5.13. The molecule has 6 nitrogen and oxygen atoms in total. The monoisotopic (exact) mass is 478 g/mol. The molecule has 0 saturated carbocycles. The maximum atomic E-state index is 13.1. The molecule has 0 spiro atoms. The average Bonchev–Trinajstić information content (AvgIpc) is 3.24. The van der Waals surface area contributed by atoms with E-state index in [1.165, 1.54) is 22.2 Å². The number of aromatic nitrogens is 2. The van der Waals surface area contributed by atoms with Crippen molar-refractivity contribution < 1.29 is 9.53 Å². The summed E-state index contributed by atoms with van der Waals surface area (Å²) in [5, 5.41) is 1.28. The van der Waals surface area contributed by atoms with Gasteiger partial charge in [0, 0.05) is 43.0 Å². The minimum absolute atomic E-state index is 0.0840. The first-order valence-corrected chi connectivity index (χ1v) is 13.4. The maximum Gasteiger partial charge on any atom is 0.253 e. The van der Waals surface area contributed by atoms with Crippen LogP contribution in [0.4, 0.5) is 5.82 Å². The van der Waals surface area contributed by atoms with Crippen LogP contribution in [0.3, 0.4) is 0 Å². The van der Waals surface area contributed by atoms with E-state index in [2.05, 4.69) is 18.7 Å². The van der Waals surface area contributed by atoms with Gasteiger partial charge in [0.05, 0.1) is 12.5 Å². The Bertz CT molecular complexity index is 1170. The molecule has 2 aliphatic rings. The van der Waals surface area contributed by atoms with E-state index < -0.39 is 0 Å². The Kier molecular flexibility index (Phi) is 6.73. The zero-order valence-corrected chi connectivity index (χ0v) is 21.3. The Morgan fingerprint density at radius 1 is 1.15 bits per heavy atom. The Hall–Kier alpha value is -2.67. The number of thiophene rings is 1. The zero-order valence-electron chi connectivity index (χ0n) is 20.5. The van der Waals surface area contributed by atoms with Gasteiger partial charge in [-0.25, -0.2) is 9.97 Å². The second-order valence-corrected chi connectivity index (χ2v) is 10.7. The summed E-state index contributed by atoms with van der Waals surface area (Å²) in [5.41, 5.74) is 2.19. The third-order valence-corrected chi connectivity index (χ3v) is 8.29. The highest BCUT2D eigenvalue weighted by molar-refractivity contribution is 7.19. The molecule has 3 aromatic rings. The van der Waals surface area contributed by atoms with Crippen LogP contribution in [0.2, 0.25) is 0 Å². The minimum Gasteiger partial charge on any atom is -0.497 e. The zero-order chi connectivity index (χ0) is 23.7. The van der Waals surface area contributed by atoms with Crippen molar-refractivity contribution in [2.75, 3.05) is 38.2 Å². The van der Waals surface area contributed by atoms with Crippen molar-refractivity contribution in [3.05, 3.63) is 46.1 Å². The first-order valence-electron chi connectivity index (χ1n) is 12.6. The number of ether oxygens (including phenoxy) is 1. The maximum absolute atomic E-state index is 13.1. The minimum atomic E-state index is 0.0840. The van der Waals surface area contributed by atoms with E-state index in [0.29, 0.717) is 18.7 Å². The largest absolute Gasteiger partial charge is 0.497 e. The quantitative estimate of drug-likeness (QED) is 0.492. The van der Waals surface area contributed by atoms with Gasteiger partial charge in [-0.3, -0.25) is 4.79 Å².